The molecular weight excluding hydrogens is 303 g/mol. The lowest BCUT2D eigenvalue weighted by atomic mass is 10.3. The fourth-order valence-corrected chi connectivity index (χ4v) is 2.06. The van der Waals surface area contributed by atoms with E-state index in [0.717, 1.165) is 0 Å². The average molecular weight is 311 g/mol. The molecule has 3 rings (SSSR count). The molecule has 0 saturated heterocycles. The summed E-state index contributed by atoms with van der Waals surface area (Å²) in [7, 11) is 0. The SMILES string of the molecule is Nc1cnn(Cc2nc(-c3ncc(Cl)cc3Cl)no2)c1. The molecule has 102 valence electrons. The standard InChI is InChI=1S/C11H8Cl2N6O/c12-6-1-8(13)10(15-2-6)11-17-9(20-18-11)5-19-4-7(14)3-16-19/h1-4H,5,14H2. The van der Waals surface area contributed by atoms with Crippen molar-refractivity contribution in [2.75, 3.05) is 5.73 Å². The van der Waals surface area contributed by atoms with Crippen LogP contribution in [-0.4, -0.2) is 24.9 Å². The third-order valence-corrected chi connectivity index (χ3v) is 2.93. The molecule has 9 heteroatoms. The number of nitrogen functional groups attached to an aromatic ring is 1. The van der Waals surface area contributed by atoms with E-state index in [1.54, 1.807) is 16.9 Å². The van der Waals surface area contributed by atoms with E-state index in [1.807, 2.05) is 0 Å². The number of anilines is 1. The summed E-state index contributed by atoms with van der Waals surface area (Å²) in [6.07, 6.45) is 4.67. The topological polar surface area (TPSA) is 95.7 Å². The molecular formula is C11H8Cl2N6O. The number of hydrogen-bond acceptors (Lipinski definition) is 6. The number of halogens is 2. The van der Waals surface area contributed by atoms with Gasteiger partial charge in [0.2, 0.25) is 11.7 Å². The first kappa shape index (κ1) is 12.9. The Morgan fingerprint density at radius 3 is 2.85 bits per heavy atom. The van der Waals surface area contributed by atoms with Crippen molar-refractivity contribution in [3.05, 3.63) is 40.6 Å². The van der Waals surface area contributed by atoms with Crippen molar-refractivity contribution in [3.63, 3.8) is 0 Å². The van der Waals surface area contributed by atoms with Gasteiger partial charge in [-0.2, -0.15) is 10.1 Å². The van der Waals surface area contributed by atoms with Crippen molar-refractivity contribution in [1.29, 1.82) is 0 Å². The van der Waals surface area contributed by atoms with Crippen molar-refractivity contribution < 1.29 is 4.52 Å². The molecule has 3 aromatic heterocycles. The summed E-state index contributed by atoms with van der Waals surface area (Å²) >= 11 is 11.8. The van der Waals surface area contributed by atoms with Gasteiger partial charge in [0, 0.05) is 12.4 Å². The fourth-order valence-electron chi connectivity index (χ4n) is 1.60. The zero-order valence-corrected chi connectivity index (χ0v) is 11.5. The molecule has 0 amide bonds. The molecule has 0 aliphatic carbocycles. The van der Waals surface area contributed by atoms with Crippen molar-refractivity contribution in [2.24, 2.45) is 0 Å². The van der Waals surface area contributed by atoms with Crippen LogP contribution < -0.4 is 5.73 Å². The van der Waals surface area contributed by atoms with Gasteiger partial charge in [-0.25, -0.2) is 4.98 Å². The highest BCUT2D eigenvalue weighted by Gasteiger charge is 2.14. The molecule has 0 saturated carbocycles. The molecule has 0 bridgehead atoms. The van der Waals surface area contributed by atoms with Crippen LogP contribution in [0.25, 0.3) is 11.5 Å². The highest BCUT2D eigenvalue weighted by molar-refractivity contribution is 6.35. The average Bonchev–Trinajstić information content (AvgIpc) is 2.99. The van der Waals surface area contributed by atoms with Gasteiger partial charge in [-0.15, -0.1) is 0 Å². The summed E-state index contributed by atoms with van der Waals surface area (Å²) in [5, 5.41) is 8.65. The minimum absolute atomic E-state index is 0.293. The monoisotopic (exact) mass is 310 g/mol. The normalized spacial score (nSPS) is 10.9. The van der Waals surface area contributed by atoms with Gasteiger partial charge in [0.25, 0.3) is 0 Å². The maximum atomic E-state index is 6.03. The Balaban J connectivity index is 1.86. The van der Waals surface area contributed by atoms with Crippen LogP contribution in [0.2, 0.25) is 10.0 Å². The minimum Gasteiger partial charge on any atom is -0.396 e. The van der Waals surface area contributed by atoms with Crippen LogP contribution in [0.3, 0.4) is 0 Å². The summed E-state index contributed by atoms with van der Waals surface area (Å²) in [6, 6.07) is 1.57. The first-order chi connectivity index (χ1) is 9.61. The summed E-state index contributed by atoms with van der Waals surface area (Å²) < 4.78 is 6.71. The molecule has 3 aromatic rings. The predicted molar refractivity (Wildman–Crippen MR) is 73.3 cm³/mol. The zero-order valence-electron chi connectivity index (χ0n) is 9.99. The van der Waals surface area contributed by atoms with Crippen LogP contribution in [0.1, 0.15) is 5.89 Å². The first-order valence-electron chi connectivity index (χ1n) is 5.54. The molecule has 0 aliphatic heterocycles. The smallest absolute Gasteiger partial charge is 0.248 e. The van der Waals surface area contributed by atoms with E-state index in [-0.39, 0.29) is 0 Å². The Labute approximate surface area is 123 Å². The summed E-state index contributed by atoms with van der Waals surface area (Å²) in [6.45, 7) is 0.315. The number of hydrogen-bond donors (Lipinski definition) is 1. The third kappa shape index (κ3) is 2.59. The highest BCUT2D eigenvalue weighted by Crippen LogP contribution is 2.25. The van der Waals surface area contributed by atoms with Crippen molar-refractivity contribution >= 4 is 28.9 Å². The molecule has 0 unspecified atom stereocenters. The van der Waals surface area contributed by atoms with E-state index in [1.165, 1.54) is 12.4 Å². The van der Waals surface area contributed by atoms with Gasteiger partial charge in [0.1, 0.15) is 12.2 Å². The van der Waals surface area contributed by atoms with Gasteiger partial charge in [0.05, 0.1) is 21.9 Å². The van der Waals surface area contributed by atoms with E-state index >= 15 is 0 Å². The van der Waals surface area contributed by atoms with Crippen molar-refractivity contribution in [3.8, 4) is 11.5 Å². The van der Waals surface area contributed by atoms with Gasteiger partial charge in [-0.1, -0.05) is 28.4 Å². The highest BCUT2D eigenvalue weighted by atomic mass is 35.5. The molecule has 0 aromatic carbocycles. The third-order valence-electron chi connectivity index (χ3n) is 2.44. The molecule has 3 heterocycles. The number of nitrogens with two attached hydrogens (primary N) is 1. The summed E-state index contributed by atoms with van der Waals surface area (Å²) in [5.41, 5.74) is 6.54. The van der Waals surface area contributed by atoms with Crippen LogP contribution in [0.15, 0.2) is 29.2 Å². The van der Waals surface area contributed by atoms with E-state index < -0.39 is 0 Å². The van der Waals surface area contributed by atoms with Gasteiger partial charge in [-0.3, -0.25) is 4.68 Å². The largest absolute Gasteiger partial charge is 0.396 e. The Hall–Kier alpha value is -2.12. The van der Waals surface area contributed by atoms with E-state index in [9.17, 15) is 0 Å². The maximum Gasteiger partial charge on any atom is 0.248 e. The lowest BCUT2D eigenvalue weighted by molar-refractivity contribution is 0.366. The van der Waals surface area contributed by atoms with Gasteiger partial charge in [0.15, 0.2) is 0 Å². The number of pyridine rings is 1. The molecule has 0 radical (unpaired) electrons. The summed E-state index contributed by atoms with van der Waals surface area (Å²) in [4.78, 5) is 8.29. The Kier molecular flexibility index (Phi) is 3.29. The van der Waals surface area contributed by atoms with Crippen LogP contribution in [0, 0.1) is 0 Å². The van der Waals surface area contributed by atoms with E-state index in [2.05, 4.69) is 20.2 Å². The zero-order chi connectivity index (χ0) is 14.1. The molecule has 0 spiro atoms. The Morgan fingerprint density at radius 1 is 1.30 bits per heavy atom. The molecule has 2 N–H and O–H groups in total. The predicted octanol–water partition coefficient (Wildman–Crippen LogP) is 2.27. The lowest BCUT2D eigenvalue weighted by Crippen LogP contribution is -2.00. The van der Waals surface area contributed by atoms with Gasteiger partial charge < -0.3 is 10.3 Å². The summed E-state index contributed by atoms with van der Waals surface area (Å²) in [5.74, 6) is 0.665. The molecule has 0 atom stereocenters. The first-order valence-corrected chi connectivity index (χ1v) is 6.29. The number of nitrogens with zero attached hydrogens (tertiary/aromatic N) is 5. The minimum atomic E-state index is 0.293. The van der Waals surface area contributed by atoms with E-state index in [4.69, 9.17) is 33.5 Å². The molecule has 20 heavy (non-hydrogen) atoms. The van der Waals surface area contributed by atoms with Crippen LogP contribution >= 0.6 is 23.2 Å². The lowest BCUT2D eigenvalue weighted by Gasteiger charge is -1.97. The quantitative estimate of drug-likeness (QED) is 0.797. The fraction of sp³-hybridized carbons (Fsp3) is 0.0909. The van der Waals surface area contributed by atoms with Crippen molar-refractivity contribution in [1.82, 2.24) is 24.9 Å². The maximum absolute atomic E-state index is 6.03. The second kappa shape index (κ2) is 5.10. The van der Waals surface area contributed by atoms with Crippen molar-refractivity contribution in [2.45, 2.75) is 6.54 Å². The Morgan fingerprint density at radius 2 is 2.15 bits per heavy atom. The molecule has 0 aliphatic rings. The second-order valence-corrected chi connectivity index (χ2v) is 4.81. The van der Waals surface area contributed by atoms with Crippen LogP contribution in [0.5, 0.6) is 0 Å². The van der Waals surface area contributed by atoms with Crippen LogP contribution in [0.4, 0.5) is 5.69 Å². The van der Waals surface area contributed by atoms with Gasteiger partial charge in [-0.05, 0) is 6.07 Å². The second-order valence-electron chi connectivity index (χ2n) is 3.97. The molecule has 7 nitrogen and oxygen atoms in total. The number of rotatable bonds is 3. The Bertz CT molecular complexity index is 753. The molecule has 0 fully saturated rings. The van der Waals surface area contributed by atoms with Crippen LogP contribution in [-0.2, 0) is 6.54 Å². The van der Waals surface area contributed by atoms with Gasteiger partial charge >= 0.3 is 0 Å². The number of aromatic nitrogens is 5. The van der Waals surface area contributed by atoms with E-state index in [0.29, 0.717) is 39.7 Å².